The van der Waals surface area contributed by atoms with E-state index in [1.807, 2.05) is 43.3 Å². The van der Waals surface area contributed by atoms with Gasteiger partial charge in [-0.2, -0.15) is 5.10 Å². The Labute approximate surface area is 180 Å². The zero-order valence-electron chi connectivity index (χ0n) is 17.2. The van der Waals surface area contributed by atoms with Crippen LogP contribution in [0.15, 0.2) is 65.8 Å². The molecule has 3 rings (SSSR count). The van der Waals surface area contributed by atoms with Crippen LogP contribution in [0, 0.1) is 5.82 Å². The van der Waals surface area contributed by atoms with E-state index in [1.54, 1.807) is 6.21 Å². The van der Waals surface area contributed by atoms with Gasteiger partial charge in [-0.05, 0) is 47.5 Å². The highest BCUT2D eigenvalue weighted by Gasteiger charge is 2.09. The van der Waals surface area contributed by atoms with Gasteiger partial charge in [0.25, 0.3) is 0 Å². The van der Waals surface area contributed by atoms with Crippen LogP contribution >= 0.6 is 0 Å². The summed E-state index contributed by atoms with van der Waals surface area (Å²) in [7, 11) is 0. The highest BCUT2D eigenvalue weighted by Crippen LogP contribution is 2.26. The number of anilines is 1. The largest absolute Gasteiger partial charge is 0.493 e. The van der Waals surface area contributed by atoms with E-state index in [-0.39, 0.29) is 30.5 Å². The molecule has 0 unspecified atom stereocenters. The van der Waals surface area contributed by atoms with E-state index < -0.39 is 0 Å². The zero-order chi connectivity index (χ0) is 22.1. The number of rotatable bonds is 9. The molecule has 3 aromatic rings. The van der Waals surface area contributed by atoms with Gasteiger partial charge in [-0.3, -0.25) is 9.59 Å². The van der Waals surface area contributed by atoms with Crippen LogP contribution in [0.2, 0.25) is 0 Å². The summed E-state index contributed by atoms with van der Waals surface area (Å²) >= 11 is 0. The summed E-state index contributed by atoms with van der Waals surface area (Å²) < 4.78 is 18.7. The van der Waals surface area contributed by atoms with Crippen molar-refractivity contribution in [1.82, 2.24) is 5.43 Å². The predicted octanol–water partition coefficient (Wildman–Crippen LogP) is 4.64. The first-order chi connectivity index (χ1) is 15.1. The van der Waals surface area contributed by atoms with Gasteiger partial charge in [0.2, 0.25) is 11.8 Å². The Morgan fingerprint density at radius 3 is 2.52 bits per heavy atom. The third kappa shape index (κ3) is 6.37. The summed E-state index contributed by atoms with van der Waals surface area (Å²) in [5.41, 5.74) is 3.70. The van der Waals surface area contributed by atoms with E-state index in [2.05, 4.69) is 15.8 Å². The molecule has 0 radical (unpaired) electrons. The minimum Gasteiger partial charge on any atom is -0.493 e. The molecule has 0 fully saturated rings. The molecule has 0 heterocycles. The van der Waals surface area contributed by atoms with Crippen molar-refractivity contribution < 1.29 is 18.7 Å². The number of hydrogen-bond acceptors (Lipinski definition) is 4. The molecule has 0 aliphatic heterocycles. The van der Waals surface area contributed by atoms with Crippen molar-refractivity contribution >= 4 is 34.5 Å². The van der Waals surface area contributed by atoms with Gasteiger partial charge in [-0.15, -0.1) is 0 Å². The topological polar surface area (TPSA) is 79.8 Å². The first kappa shape index (κ1) is 22.0. The fourth-order valence-corrected chi connectivity index (χ4v) is 2.96. The van der Waals surface area contributed by atoms with Crippen LogP contribution in [0.3, 0.4) is 0 Å². The van der Waals surface area contributed by atoms with Crippen LogP contribution in [-0.2, 0) is 9.59 Å². The second kappa shape index (κ2) is 10.9. The van der Waals surface area contributed by atoms with E-state index in [0.717, 1.165) is 22.8 Å². The first-order valence-electron chi connectivity index (χ1n) is 10.1. The van der Waals surface area contributed by atoms with Gasteiger partial charge in [0.05, 0.1) is 12.8 Å². The monoisotopic (exact) mass is 421 g/mol. The molecule has 0 aliphatic rings. The Hall–Kier alpha value is -3.74. The number of hydrazone groups is 1. The van der Waals surface area contributed by atoms with Gasteiger partial charge < -0.3 is 10.1 Å². The molecule has 0 saturated carbocycles. The molecule has 6 nitrogen and oxygen atoms in total. The summed E-state index contributed by atoms with van der Waals surface area (Å²) in [6, 6.07) is 17.1. The van der Waals surface area contributed by atoms with Gasteiger partial charge in [-0.25, -0.2) is 9.82 Å². The molecule has 160 valence electrons. The Balaban J connectivity index is 1.58. The number of benzene rings is 3. The molecule has 3 aromatic carbocycles. The third-order valence-corrected chi connectivity index (χ3v) is 4.48. The van der Waals surface area contributed by atoms with E-state index in [4.69, 9.17) is 4.74 Å². The van der Waals surface area contributed by atoms with Crippen LogP contribution < -0.4 is 15.5 Å². The third-order valence-electron chi connectivity index (χ3n) is 4.48. The van der Waals surface area contributed by atoms with Crippen molar-refractivity contribution in [3.05, 3.63) is 72.0 Å². The van der Waals surface area contributed by atoms with Gasteiger partial charge in [0, 0.05) is 24.1 Å². The molecule has 0 aliphatic carbocycles. The lowest BCUT2D eigenvalue weighted by atomic mass is 10.0. The number of amides is 2. The Kier molecular flexibility index (Phi) is 7.70. The molecule has 0 atom stereocenters. The molecule has 0 aromatic heterocycles. The summed E-state index contributed by atoms with van der Waals surface area (Å²) in [5, 5.41) is 8.67. The molecule has 7 heteroatoms. The molecule has 2 amide bonds. The predicted molar refractivity (Wildman–Crippen MR) is 120 cm³/mol. The number of carbonyl (C=O) groups is 2. The summed E-state index contributed by atoms with van der Waals surface area (Å²) in [6.07, 6.45) is 2.39. The standard InChI is InChI=1S/C24H24FN3O3/c1-2-15-31-22-12-7-17-5-3-4-6-20(17)21(22)16-26-28-24(30)14-13-23(29)27-19-10-8-18(25)9-11-19/h3-12,16H,2,13-15H2,1H3,(H,27,29)(H,28,30). The number of halogens is 1. The molecular weight excluding hydrogens is 397 g/mol. The quantitative estimate of drug-likeness (QED) is 0.390. The average Bonchev–Trinajstić information content (AvgIpc) is 2.78. The lowest BCUT2D eigenvalue weighted by molar-refractivity contribution is -0.124. The zero-order valence-corrected chi connectivity index (χ0v) is 17.2. The number of nitrogens with zero attached hydrogens (tertiary/aromatic N) is 1. The van der Waals surface area contributed by atoms with Crippen LogP contribution in [-0.4, -0.2) is 24.6 Å². The molecule has 2 N–H and O–H groups in total. The summed E-state index contributed by atoms with van der Waals surface area (Å²) in [5.74, 6) is -0.418. The van der Waals surface area contributed by atoms with Crippen molar-refractivity contribution in [3.63, 3.8) is 0 Å². The number of ether oxygens (including phenoxy) is 1. The Morgan fingerprint density at radius 2 is 1.74 bits per heavy atom. The van der Waals surface area contributed by atoms with Crippen LogP contribution in [0.5, 0.6) is 5.75 Å². The number of hydrogen-bond donors (Lipinski definition) is 2. The van der Waals surface area contributed by atoms with Gasteiger partial charge in [-0.1, -0.05) is 37.3 Å². The molecule has 31 heavy (non-hydrogen) atoms. The number of nitrogens with one attached hydrogen (secondary N) is 2. The van der Waals surface area contributed by atoms with E-state index >= 15 is 0 Å². The van der Waals surface area contributed by atoms with Crippen molar-refractivity contribution in [2.75, 3.05) is 11.9 Å². The smallest absolute Gasteiger partial charge is 0.240 e. The van der Waals surface area contributed by atoms with Crippen molar-refractivity contribution in [2.24, 2.45) is 5.10 Å². The maximum atomic E-state index is 12.9. The van der Waals surface area contributed by atoms with Crippen molar-refractivity contribution in [2.45, 2.75) is 26.2 Å². The normalized spacial score (nSPS) is 10.9. The minimum absolute atomic E-state index is 0.0160. The van der Waals surface area contributed by atoms with Gasteiger partial charge in [0.1, 0.15) is 11.6 Å². The first-order valence-corrected chi connectivity index (χ1v) is 10.1. The second-order valence-electron chi connectivity index (χ2n) is 6.90. The number of fused-ring (bicyclic) bond motifs is 1. The van der Waals surface area contributed by atoms with E-state index in [0.29, 0.717) is 18.0 Å². The summed E-state index contributed by atoms with van der Waals surface area (Å²) in [6.45, 7) is 2.61. The van der Waals surface area contributed by atoms with Crippen LogP contribution in [0.25, 0.3) is 10.8 Å². The highest BCUT2D eigenvalue weighted by molar-refractivity contribution is 6.02. The summed E-state index contributed by atoms with van der Waals surface area (Å²) in [4.78, 5) is 24.0. The molecule has 0 spiro atoms. The minimum atomic E-state index is -0.387. The van der Waals surface area contributed by atoms with Gasteiger partial charge in [0.15, 0.2) is 0 Å². The molecule has 0 bridgehead atoms. The van der Waals surface area contributed by atoms with Crippen molar-refractivity contribution in [1.29, 1.82) is 0 Å². The van der Waals surface area contributed by atoms with Gasteiger partial charge >= 0.3 is 0 Å². The fourth-order valence-electron chi connectivity index (χ4n) is 2.96. The van der Waals surface area contributed by atoms with Crippen molar-refractivity contribution in [3.8, 4) is 5.75 Å². The average molecular weight is 421 g/mol. The van der Waals surface area contributed by atoms with E-state index in [1.165, 1.54) is 24.3 Å². The highest BCUT2D eigenvalue weighted by atomic mass is 19.1. The maximum absolute atomic E-state index is 12.9. The lowest BCUT2D eigenvalue weighted by Crippen LogP contribution is -2.20. The Bertz CT molecular complexity index is 1080. The van der Waals surface area contributed by atoms with E-state index in [9.17, 15) is 14.0 Å². The molecular formula is C24H24FN3O3. The fraction of sp³-hybridized carbons (Fsp3) is 0.208. The second-order valence-corrected chi connectivity index (χ2v) is 6.90. The maximum Gasteiger partial charge on any atom is 0.240 e. The Morgan fingerprint density at radius 1 is 1.00 bits per heavy atom. The SMILES string of the molecule is CCCOc1ccc2ccccc2c1C=NNC(=O)CCC(=O)Nc1ccc(F)cc1. The molecule has 0 saturated heterocycles. The lowest BCUT2D eigenvalue weighted by Gasteiger charge is -2.11. The number of carbonyl (C=O) groups excluding carboxylic acids is 2. The van der Waals surface area contributed by atoms with Crippen LogP contribution in [0.4, 0.5) is 10.1 Å². The van der Waals surface area contributed by atoms with Crippen LogP contribution in [0.1, 0.15) is 31.7 Å².